The van der Waals surface area contributed by atoms with E-state index in [1.54, 1.807) is 0 Å². The van der Waals surface area contributed by atoms with Gasteiger partial charge >= 0.3 is 5.97 Å². The van der Waals surface area contributed by atoms with Crippen LogP contribution in [0.2, 0.25) is 0 Å². The van der Waals surface area contributed by atoms with Gasteiger partial charge in [0.15, 0.2) is 5.78 Å². The summed E-state index contributed by atoms with van der Waals surface area (Å²) in [5.74, 6) is -0.466. The largest absolute Gasteiger partial charge is 0.462 e. The molecule has 0 bridgehead atoms. The normalized spacial score (nSPS) is 15.8. The topological polar surface area (TPSA) is 43.4 Å². The molecule has 0 radical (unpaired) electrons. The third kappa shape index (κ3) is 2.35. The molecule has 3 heteroatoms. The summed E-state index contributed by atoms with van der Waals surface area (Å²) in [6.07, 6.45) is 0.507. The lowest BCUT2D eigenvalue weighted by atomic mass is 9.89. The van der Waals surface area contributed by atoms with Crippen molar-refractivity contribution in [2.24, 2.45) is 5.92 Å². The smallest absolute Gasteiger partial charge is 0.339 e. The Kier molecular flexibility index (Phi) is 3.60. The lowest BCUT2D eigenvalue weighted by molar-refractivity contribution is -0.138. The summed E-state index contributed by atoms with van der Waals surface area (Å²) in [5, 5.41) is 0. The van der Waals surface area contributed by atoms with Gasteiger partial charge in [-0.1, -0.05) is 44.2 Å². The zero-order valence-corrected chi connectivity index (χ0v) is 10.6. The van der Waals surface area contributed by atoms with Gasteiger partial charge in [-0.3, -0.25) is 4.79 Å². The van der Waals surface area contributed by atoms with Gasteiger partial charge in [-0.05, 0) is 5.56 Å². The van der Waals surface area contributed by atoms with Crippen molar-refractivity contribution in [2.45, 2.75) is 20.3 Å². The van der Waals surface area contributed by atoms with E-state index in [4.69, 9.17) is 4.74 Å². The Hall–Kier alpha value is -1.90. The minimum atomic E-state index is -0.392. The number of hydrogen-bond donors (Lipinski definition) is 0. The molecule has 0 fully saturated rings. The van der Waals surface area contributed by atoms with E-state index in [2.05, 4.69) is 0 Å². The van der Waals surface area contributed by atoms with Crippen LogP contribution in [-0.4, -0.2) is 18.4 Å². The highest BCUT2D eigenvalue weighted by atomic mass is 16.5. The fourth-order valence-corrected chi connectivity index (χ4v) is 2.06. The lowest BCUT2D eigenvalue weighted by Gasteiger charge is -2.20. The number of carbonyl (C=O) groups is 2. The van der Waals surface area contributed by atoms with Crippen molar-refractivity contribution in [3.8, 4) is 0 Å². The highest BCUT2D eigenvalue weighted by Gasteiger charge is 2.28. The third-order valence-corrected chi connectivity index (χ3v) is 2.98. The number of Topliss-reactive ketones (excluding diaryl/α,β-unsaturated/α-hetero) is 1. The Morgan fingerprint density at radius 3 is 2.50 bits per heavy atom. The molecule has 1 heterocycles. The number of cyclic esters (lactones) is 1. The molecule has 1 aromatic carbocycles. The molecule has 94 valence electrons. The second-order valence-corrected chi connectivity index (χ2v) is 4.62. The van der Waals surface area contributed by atoms with Gasteiger partial charge in [0, 0.05) is 17.9 Å². The van der Waals surface area contributed by atoms with E-state index in [1.807, 2.05) is 44.2 Å². The van der Waals surface area contributed by atoms with Crippen LogP contribution in [0.1, 0.15) is 25.8 Å². The number of carbonyl (C=O) groups excluding carboxylic acids is 2. The lowest BCUT2D eigenvalue weighted by Crippen LogP contribution is -2.23. The zero-order valence-electron chi connectivity index (χ0n) is 10.6. The molecular weight excluding hydrogens is 228 g/mol. The van der Waals surface area contributed by atoms with Crippen LogP contribution in [0.15, 0.2) is 35.9 Å². The molecule has 0 spiro atoms. The molecular formula is C15H16O3. The summed E-state index contributed by atoms with van der Waals surface area (Å²) in [7, 11) is 0. The van der Waals surface area contributed by atoms with Crippen LogP contribution in [0.3, 0.4) is 0 Å². The van der Waals surface area contributed by atoms with Gasteiger partial charge in [0.25, 0.3) is 0 Å². The van der Waals surface area contributed by atoms with Gasteiger partial charge in [-0.25, -0.2) is 4.79 Å². The number of benzene rings is 1. The summed E-state index contributed by atoms with van der Waals surface area (Å²) in [6.45, 7) is 3.98. The van der Waals surface area contributed by atoms with Gasteiger partial charge in [-0.15, -0.1) is 0 Å². The maximum Gasteiger partial charge on any atom is 0.339 e. The summed E-state index contributed by atoms with van der Waals surface area (Å²) in [6, 6.07) is 9.23. The van der Waals surface area contributed by atoms with Crippen molar-refractivity contribution in [1.82, 2.24) is 0 Å². The van der Waals surface area contributed by atoms with Gasteiger partial charge in [-0.2, -0.15) is 0 Å². The van der Waals surface area contributed by atoms with Crippen LogP contribution in [-0.2, 0) is 14.3 Å². The van der Waals surface area contributed by atoms with Crippen molar-refractivity contribution < 1.29 is 14.3 Å². The van der Waals surface area contributed by atoms with Crippen LogP contribution < -0.4 is 0 Å². The van der Waals surface area contributed by atoms with Crippen molar-refractivity contribution in [1.29, 1.82) is 0 Å². The molecule has 3 nitrogen and oxygen atoms in total. The van der Waals surface area contributed by atoms with E-state index in [9.17, 15) is 9.59 Å². The Morgan fingerprint density at radius 1 is 1.22 bits per heavy atom. The highest BCUT2D eigenvalue weighted by molar-refractivity contribution is 6.24. The molecule has 18 heavy (non-hydrogen) atoms. The first-order chi connectivity index (χ1) is 8.61. The second kappa shape index (κ2) is 5.17. The van der Waals surface area contributed by atoms with E-state index >= 15 is 0 Å². The molecule has 2 rings (SSSR count). The Bertz CT molecular complexity index is 498. The summed E-state index contributed by atoms with van der Waals surface area (Å²) < 4.78 is 5.06. The number of esters is 1. The van der Waals surface area contributed by atoms with E-state index in [1.165, 1.54) is 0 Å². The number of hydrogen-bond acceptors (Lipinski definition) is 3. The first-order valence-electron chi connectivity index (χ1n) is 6.11. The molecule has 0 amide bonds. The van der Waals surface area contributed by atoms with Crippen LogP contribution in [0.25, 0.3) is 5.57 Å². The average Bonchev–Trinajstić information content (AvgIpc) is 2.38. The molecule has 1 aliphatic rings. The maximum absolute atomic E-state index is 12.2. The Labute approximate surface area is 106 Å². The van der Waals surface area contributed by atoms with E-state index in [0.29, 0.717) is 24.2 Å². The van der Waals surface area contributed by atoms with Crippen LogP contribution in [0, 0.1) is 5.92 Å². The third-order valence-electron chi connectivity index (χ3n) is 2.98. The van der Waals surface area contributed by atoms with Crippen LogP contribution in [0.4, 0.5) is 0 Å². The molecule has 0 saturated heterocycles. The predicted octanol–water partition coefficient (Wildman–Crippen LogP) is 2.61. The second-order valence-electron chi connectivity index (χ2n) is 4.62. The van der Waals surface area contributed by atoms with E-state index < -0.39 is 5.97 Å². The Morgan fingerprint density at radius 2 is 1.89 bits per heavy atom. The van der Waals surface area contributed by atoms with Crippen molar-refractivity contribution in [2.75, 3.05) is 6.61 Å². The molecule has 1 aromatic rings. The van der Waals surface area contributed by atoms with Gasteiger partial charge in [0.1, 0.15) is 0 Å². The van der Waals surface area contributed by atoms with Crippen molar-refractivity contribution >= 4 is 17.3 Å². The average molecular weight is 244 g/mol. The van der Waals surface area contributed by atoms with Crippen LogP contribution in [0.5, 0.6) is 0 Å². The molecule has 0 saturated carbocycles. The molecule has 0 aliphatic carbocycles. The fraction of sp³-hybridized carbons (Fsp3) is 0.333. The van der Waals surface area contributed by atoms with Gasteiger partial charge in [0.2, 0.25) is 0 Å². The Balaban J connectivity index is 2.54. The minimum Gasteiger partial charge on any atom is -0.462 e. The quantitative estimate of drug-likeness (QED) is 0.768. The SMILES string of the molecule is CC(C)C(=O)C1=C(c2ccccc2)C(=O)OCC1. The molecule has 0 unspecified atom stereocenters. The molecule has 0 atom stereocenters. The molecule has 1 aliphatic heterocycles. The number of ether oxygens (including phenoxy) is 1. The zero-order chi connectivity index (χ0) is 13.1. The standard InChI is InChI=1S/C15H16O3/c1-10(2)14(16)12-8-9-18-15(17)13(12)11-6-4-3-5-7-11/h3-7,10H,8-9H2,1-2H3. The van der Waals surface area contributed by atoms with Gasteiger partial charge in [0.05, 0.1) is 12.2 Å². The maximum atomic E-state index is 12.2. The number of rotatable bonds is 3. The molecule has 0 aromatic heterocycles. The predicted molar refractivity (Wildman–Crippen MR) is 68.8 cm³/mol. The number of ketones is 1. The van der Waals surface area contributed by atoms with Crippen molar-refractivity contribution in [3.63, 3.8) is 0 Å². The van der Waals surface area contributed by atoms with E-state index in [-0.39, 0.29) is 11.7 Å². The van der Waals surface area contributed by atoms with Crippen molar-refractivity contribution in [3.05, 3.63) is 41.5 Å². The first-order valence-corrected chi connectivity index (χ1v) is 6.11. The monoisotopic (exact) mass is 244 g/mol. The van der Waals surface area contributed by atoms with Crippen LogP contribution >= 0.6 is 0 Å². The summed E-state index contributed by atoms with van der Waals surface area (Å²) in [5.41, 5.74) is 1.79. The summed E-state index contributed by atoms with van der Waals surface area (Å²) >= 11 is 0. The first kappa shape index (κ1) is 12.6. The highest BCUT2D eigenvalue weighted by Crippen LogP contribution is 2.28. The van der Waals surface area contributed by atoms with E-state index in [0.717, 1.165) is 5.56 Å². The fourth-order valence-electron chi connectivity index (χ4n) is 2.06. The summed E-state index contributed by atoms with van der Waals surface area (Å²) in [4.78, 5) is 24.1. The molecule has 0 N–H and O–H groups in total. The minimum absolute atomic E-state index is 0.0329. The van der Waals surface area contributed by atoms with Gasteiger partial charge < -0.3 is 4.74 Å².